The van der Waals surface area contributed by atoms with Crippen LogP contribution in [0.25, 0.3) is 0 Å². The Morgan fingerprint density at radius 2 is 1.89 bits per heavy atom. The normalized spacial score (nSPS) is 15.0. The second-order valence-corrected chi connectivity index (χ2v) is 7.37. The molecule has 2 heterocycles. The van der Waals surface area contributed by atoms with Gasteiger partial charge < -0.3 is 15.0 Å². The third-order valence-electron chi connectivity index (χ3n) is 5.28. The first-order valence-corrected chi connectivity index (χ1v) is 9.44. The highest BCUT2D eigenvalue weighted by molar-refractivity contribution is 5.93. The summed E-state index contributed by atoms with van der Waals surface area (Å²) in [5.41, 5.74) is 4.51. The van der Waals surface area contributed by atoms with E-state index in [1.807, 2.05) is 25.5 Å². The average molecular weight is 371 g/mol. The first-order chi connectivity index (χ1) is 12.9. The van der Waals surface area contributed by atoms with Crippen LogP contribution in [-0.2, 0) is 6.54 Å². The molecule has 1 aromatic heterocycles. The lowest BCUT2D eigenvalue weighted by atomic mass is 10.1. The quantitative estimate of drug-likeness (QED) is 0.874. The maximum Gasteiger partial charge on any atom is 0.276 e. The van der Waals surface area contributed by atoms with Gasteiger partial charge in [0.25, 0.3) is 5.91 Å². The van der Waals surface area contributed by atoms with Gasteiger partial charge >= 0.3 is 0 Å². The zero-order valence-electron chi connectivity index (χ0n) is 16.9. The summed E-state index contributed by atoms with van der Waals surface area (Å²) in [6.07, 6.45) is 2.02. The molecule has 0 bridgehead atoms. The molecule has 1 amide bonds. The highest BCUT2D eigenvalue weighted by Crippen LogP contribution is 2.25. The molecule has 3 rings (SSSR count). The number of nitrogens with one attached hydrogen (secondary N) is 1. The lowest BCUT2D eigenvalue weighted by molar-refractivity contribution is 0.0778. The number of ether oxygens (including phenoxy) is 1. The number of rotatable bonds is 5. The van der Waals surface area contributed by atoms with E-state index in [-0.39, 0.29) is 5.91 Å². The van der Waals surface area contributed by atoms with Crippen LogP contribution in [0.1, 0.15) is 51.8 Å². The monoisotopic (exact) mass is 371 g/mol. The van der Waals surface area contributed by atoms with Gasteiger partial charge in [0.1, 0.15) is 5.75 Å². The fourth-order valence-electron chi connectivity index (χ4n) is 3.92. The number of methoxy groups -OCH3 is 1. The molecule has 1 aliphatic rings. The highest BCUT2D eigenvalue weighted by atomic mass is 16.5. The number of benzene rings is 1. The minimum Gasteiger partial charge on any atom is -0.496 e. The molecule has 1 N–H and O–H groups in total. The number of nitrogens with zero attached hydrogens (tertiary/aromatic N) is 4. The van der Waals surface area contributed by atoms with Crippen LogP contribution in [-0.4, -0.2) is 53.0 Å². The lowest BCUT2D eigenvalue weighted by Crippen LogP contribution is -2.30. The Bertz CT molecular complexity index is 801. The van der Waals surface area contributed by atoms with Gasteiger partial charge in [-0.05, 0) is 63.4 Å². The third kappa shape index (κ3) is 3.98. The van der Waals surface area contributed by atoms with E-state index in [2.05, 4.69) is 27.8 Å². The second-order valence-electron chi connectivity index (χ2n) is 7.37. The first-order valence-electron chi connectivity index (χ1n) is 9.44. The number of hydrogen-bond donors (Lipinski definition) is 1. The van der Waals surface area contributed by atoms with E-state index in [9.17, 15) is 4.79 Å². The summed E-state index contributed by atoms with van der Waals surface area (Å²) in [4.78, 5) is 14.6. The van der Waals surface area contributed by atoms with Gasteiger partial charge in [0, 0.05) is 13.6 Å². The Kier molecular flexibility index (Phi) is 5.79. The molecule has 27 heavy (non-hydrogen) atoms. The van der Waals surface area contributed by atoms with Crippen molar-refractivity contribution in [3.8, 4) is 5.75 Å². The van der Waals surface area contributed by atoms with E-state index >= 15 is 0 Å². The SMILES string of the molecule is COc1c(C)cc(CN(C)C(=O)c2nnn(C3CCNCC3)c2C)cc1C. The van der Waals surface area contributed by atoms with E-state index in [1.165, 1.54) is 0 Å². The molecule has 7 nitrogen and oxygen atoms in total. The Balaban J connectivity index is 1.75. The van der Waals surface area contributed by atoms with Gasteiger partial charge in [-0.3, -0.25) is 4.79 Å². The maximum atomic E-state index is 12.9. The zero-order valence-corrected chi connectivity index (χ0v) is 16.9. The van der Waals surface area contributed by atoms with Crippen LogP contribution >= 0.6 is 0 Å². The molecule has 0 unspecified atom stereocenters. The summed E-state index contributed by atoms with van der Waals surface area (Å²) in [7, 11) is 3.49. The average Bonchev–Trinajstić information content (AvgIpc) is 3.03. The third-order valence-corrected chi connectivity index (χ3v) is 5.28. The van der Waals surface area contributed by atoms with Gasteiger partial charge in [-0.1, -0.05) is 17.3 Å². The summed E-state index contributed by atoms with van der Waals surface area (Å²) in [5.74, 6) is 0.798. The van der Waals surface area contributed by atoms with Crippen molar-refractivity contribution in [1.29, 1.82) is 0 Å². The molecule has 7 heteroatoms. The molecule has 1 saturated heterocycles. The number of aryl methyl sites for hydroxylation is 2. The number of aromatic nitrogens is 3. The smallest absolute Gasteiger partial charge is 0.276 e. The molecule has 146 valence electrons. The molecule has 1 aliphatic heterocycles. The molecular weight excluding hydrogens is 342 g/mol. The molecule has 1 aromatic carbocycles. The Morgan fingerprint density at radius 1 is 1.26 bits per heavy atom. The van der Waals surface area contributed by atoms with Crippen LogP contribution in [0.5, 0.6) is 5.75 Å². The van der Waals surface area contributed by atoms with E-state index in [1.54, 1.807) is 19.1 Å². The number of carbonyl (C=O) groups is 1. The fraction of sp³-hybridized carbons (Fsp3) is 0.550. The summed E-state index contributed by atoms with van der Waals surface area (Å²) in [6, 6.07) is 4.44. The maximum absolute atomic E-state index is 12.9. The van der Waals surface area contributed by atoms with Crippen LogP contribution < -0.4 is 10.1 Å². The van der Waals surface area contributed by atoms with Crippen LogP contribution in [0.2, 0.25) is 0 Å². The lowest BCUT2D eigenvalue weighted by Gasteiger charge is -2.23. The summed E-state index contributed by atoms with van der Waals surface area (Å²) in [5, 5.41) is 11.8. The zero-order chi connectivity index (χ0) is 19.6. The van der Waals surface area contributed by atoms with Crippen molar-refractivity contribution in [1.82, 2.24) is 25.2 Å². The van der Waals surface area contributed by atoms with Crippen LogP contribution in [0.4, 0.5) is 0 Å². The van der Waals surface area contributed by atoms with Crippen molar-refractivity contribution >= 4 is 5.91 Å². The van der Waals surface area contributed by atoms with E-state index in [0.29, 0.717) is 18.3 Å². The Labute approximate surface area is 160 Å². The van der Waals surface area contributed by atoms with Gasteiger partial charge in [0.05, 0.1) is 18.8 Å². The molecule has 0 saturated carbocycles. The van der Waals surface area contributed by atoms with Crippen molar-refractivity contribution in [3.63, 3.8) is 0 Å². The molecule has 0 radical (unpaired) electrons. The van der Waals surface area contributed by atoms with E-state index in [4.69, 9.17) is 4.74 Å². The summed E-state index contributed by atoms with van der Waals surface area (Å²) < 4.78 is 7.34. The number of piperidine rings is 1. The van der Waals surface area contributed by atoms with Gasteiger partial charge in [-0.2, -0.15) is 0 Å². The van der Waals surface area contributed by atoms with Crippen molar-refractivity contribution < 1.29 is 9.53 Å². The van der Waals surface area contributed by atoms with Gasteiger partial charge in [0.15, 0.2) is 5.69 Å². The minimum atomic E-state index is -0.0983. The van der Waals surface area contributed by atoms with E-state index in [0.717, 1.165) is 54.1 Å². The van der Waals surface area contributed by atoms with Crippen molar-refractivity contribution in [3.05, 3.63) is 40.2 Å². The Hall–Kier alpha value is -2.41. The first kappa shape index (κ1) is 19.4. The minimum absolute atomic E-state index is 0.0983. The van der Waals surface area contributed by atoms with Crippen LogP contribution in [0, 0.1) is 20.8 Å². The molecule has 2 aromatic rings. The van der Waals surface area contributed by atoms with E-state index < -0.39 is 0 Å². The summed E-state index contributed by atoms with van der Waals surface area (Å²) >= 11 is 0. The number of carbonyl (C=O) groups excluding carboxylic acids is 1. The fourth-order valence-corrected chi connectivity index (χ4v) is 3.92. The second kappa shape index (κ2) is 8.08. The van der Waals surface area contributed by atoms with Gasteiger partial charge in [-0.25, -0.2) is 4.68 Å². The van der Waals surface area contributed by atoms with Crippen LogP contribution in [0.15, 0.2) is 12.1 Å². The summed E-state index contributed by atoms with van der Waals surface area (Å²) in [6.45, 7) is 8.44. The standard InChI is InChI=1S/C20H29N5O2/c1-13-10-16(11-14(2)19(13)27-5)12-24(4)20(26)18-15(3)25(23-22-18)17-6-8-21-9-7-17/h10-11,17,21H,6-9,12H2,1-5H3. The predicted octanol–water partition coefficient (Wildman–Crippen LogP) is 2.41. The number of amides is 1. The predicted molar refractivity (Wildman–Crippen MR) is 104 cm³/mol. The van der Waals surface area contributed by atoms with Gasteiger partial charge in [0.2, 0.25) is 0 Å². The molecule has 0 aliphatic carbocycles. The Morgan fingerprint density at radius 3 is 2.48 bits per heavy atom. The molecular formula is C20H29N5O2. The number of hydrogen-bond acceptors (Lipinski definition) is 5. The molecule has 0 atom stereocenters. The van der Waals surface area contributed by atoms with Crippen molar-refractivity contribution in [2.75, 3.05) is 27.2 Å². The van der Waals surface area contributed by atoms with Crippen LogP contribution in [0.3, 0.4) is 0 Å². The topological polar surface area (TPSA) is 72.3 Å². The molecule has 1 fully saturated rings. The van der Waals surface area contributed by atoms with Crippen molar-refractivity contribution in [2.24, 2.45) is 0 Å². The highest BCUT2D eigenvalue weighted by Gasteiger charge is 2.24. The van der Waals surface area contributed by atoms with Crippen molar-refractivity contribution in [2.45, 2.75) is 46.2 Å². The van der Waals surface area contributed by atoms with Gasteiger partial charge in [-0.15, -0.1) is 5.10 Å². The molecule has 0 spiro atoms. The largest absolute Gasteiger partial charge is 0.496 e.